The van der Waals surface area contributed by atoms with Gasteiger partial charge in [0.25, 0.3) is 5.56 Å². The van der Waals surface area contributed by atoms with Crippen molar-refractivity contribution in [1.82, 2.24) is 15.5 Å². The largest absolute Gasteiger partial charge is 0.364 e. The normalized spacial score (nSPS) is 17.2. The van der Waals surface area contributed by atoms with E-state index in [1.54, 1.807) is 6.07 Å². The molecule has 0 unspecified atom stereocenters. The van der Waals surface area contributed by atoms with E-state index in [2.05, 4.69) is 60.5 Å². The maximum absolute atomic E-state index is 12.7. The first-order chi connectivity index (χ1) is 14.3. The summed E-state index contributed by atoms with van der Waals surface area (Å²) in [6, 6.07) is 11.9. The molecule has 30 heavy (non-hydrogen) atoms. The maximum atomic E-state index is 12.7. The molecule has 0 radical (unpaired) electrons. The van der Waals surface area contributed by atoms with Gasteiger partial charge in [0.05, 0.1) is 11.8 Å². The predicted molar refractivity (Wildman–Crippen MR) is 116 cm³/mol. The van der Waals surface area contributed by atoms with Crippen molar-refractivity contribution in [1.29, 1.82) is 0 Å². The average molecular weight is 403 g/mol. The van der Waals surface area contributed by atoms with E-state index in [0.717, 1.165) is 17.6 Å². The molecule has 0 spiro atoms. The van der Waals surface area contributed by atoms with E-state index in [9.17, 15) is 9.59 Å². The van der Waals surface area contributed by atoms with Crippen LogP contribution in [0.2, 0.25) is 0 Å². The van der Waals surface area contributed by atoms with Crippen LogP contribution in [-0.2, 0) is 10.2 Å². The minimum absolute atomic E-state index is 0.0509. The quantitative estimate of drug-likeness (QED) is 0.688. The Morgan fingerprint density at radius 3 is 2.47 bits per heavy atom. The fraction of sp³-hybridized carbons (Fsp3) is 0.292. The van der Waals surface area contributed by atoms with Crippen molar-refractivity contribution in [3.05, 3.63) is 82.1 Å². The summed E-state index contributed by atoms with van der Waals surface area (Å²) >= 11 is 0. The summed E-state index contributed by atoms with van der Waals surface area (Å²) in [5.41, 5.74) is 4.76. The molecule has 1 saturated heterocycles. The Kier molecular flexibility index (Phi) is 5.16. The summed E-state index contributed by atoms with van der Waals surface area (Å²) in [5, 5.41) is 6.65. The zero-order valence-corrected chi connectivity index (χ0v) is 17.4. The van der Waals surface area contributed by atoms with Gasteiger partial charge in [0.1, 0.15) is 6.26 Å². The van der Waals surface area contributed by atoms with Crippen LogP contribution < -0.4 is 10.9 Å². The van der Waals surface area contributed by atoms with Gasteiger partial charge in [-0.1, -0.05) is 56.3 Å². The monoisotopic (exact) mass is 403 g/mol. The molecular weight excluding hydrogens is 378 g/mol. The van der Waals surface area contributed by atoms with Gasteiger partial charge in [-0.25, -0.2) is 0 Å². The van der Waals surface area contributed by atoms with E-state index in [1.807, 2.05) is 12.1 Å². The van der Waals surface area contributed by atoms with Crippen LogP contribution in [-0.4, -0.2) is 22.1 Å². The number of amides is 1. The molecule has 0 aliphatic carbocycles. The number of carbonyl (C=O) groups excluding carboxylic acids is 1. The smallest absolute Gasteiger partial charge is 0.256 e. The van der Waals surface area contributed by atoms with Gasteiger partial charge in [-0.05, 0) is 35.1 Å². The van der Waals surface area contributed by atoms with Crippen LogP contribution in [0, 0.1) is 0 Å². The van der Waals surface area contributed by atoms with Crippen LogP contribution in [0.15, 0.2) is 64.3 Å². The van der Waals surface area contributed by atoms with Crippen molar-refractivity contribution in [3.8, 4) is 11.1 Å². The lowest BCUT2D eigenvalue weighted by molar-refractivity contribution is -0.119. The van der Waals surface area contributed by atoms with Gasteiger partial charge in [-0.15, -0.1) is 0 Å². The van der Waals surface area contributed by atoms with Crippen molar-refractivity contribution in [2.24, 2.45) is 0 Å². The molecule has 1 aliphatic heterocycles. The van der Waals surface area contributed by atoms with E-state index >= 15 is 0 Å². The van der Waals surface area contributed by atoms with Gasteiger partial charge in [0, 0.05) is 29.3 Å². The molecule has 6 heteroatoms. The topological polar surface area (TPSA) is 88.0 Å². The van der Waals surface area contributed by atoms with Crippen LogP contribution in [0.25, 0.3) is 16.7 Å². The number of hydrogen-bond donors (Lipinski definition) is 2. The Morgan fingerprint density at radius 2 is 1.90 bits per heavy atom. The van der Waals surface area contributed by atoms with Gasteiger partial charge >= 0.3 is 0 Å². The van der Waals surface area contributed by atoms with Crippen LogP contribution in [0.4, 0.5) is 0 Å². The van der Waals surface area contributed by atoms with Crippen LogP contribution in [0.3, 0.4) is 0 Å². The van der Waals surface area contributed by atoms with Crippen molar-refractivity contribution < 1.29 is 9.32 Å². The number of H-pyrrole nitrogens is 1. The van der Waals surface area contributed by atoms with Gasteiger partial charge in [-0.2, -0.15) is 0 Å². The number of hydrogen-bond acceptors (Lipinski definition) is 4. The number of pyridine rings is 1. The summed E-state index contributed by atoms with van der Waals surface area (Å²) < 4.78 is 4.85. The summed E-state index contributed by atoms with van der Waals surface area (Å²) in [5.74, 6) is 0.0509. The van der Waals surface area contributed by atoms with E-state index in [4.69, 9.17) is 4.52 Å². The summed E-state index contributed by atoms with van der Waals surface area (Å²) in [6.07, 6.45) is 6.24. The first-order valence-corrected chi connectivity index (χ1v) is 10.1. The standard InChI is InChI=1S/C24H25N3O3/c1-24(2,3)17-6-4-15(5-7-17)20(12-18-8-11-22(28)26-18)21-10-9-19(23(29)27-21)16-13-25-30-14-16/h4-7,9-10,12-14,18H,8,11H2,1-3H3,(H,26,28)(H,27,29)/t18-/m1/s1. The number of aromatic amines is 1. The van der Waals surface area contributed by atoms with Crippen molar-refractivity contribution >= 4 is 11.5 Å². The second kappa shape index (κ2) is 7.78. The van der Waals surface area contributed by atoms with E-state index in [-0.39, 0.29) is 22.9 Å². The molecule has 2 aromatic heterocycles. The minimum atomic E-state index is -0.219. The van der Waals surface area contributed by atoms with Crippen LogP contribution in [0.1, 0.15) is 50.4 Å². The van der Waals surface area contributed by atoms with Crippen molar-refractivity contribution in [2.75, 3.05) is 0 Å². The Bertz CT molecular complexity index is 1130. The molecule has 0 bridgehead atoms. The van der Waals surface area contributed by atoms with E-state index in [0.29, 0.717) is 23.2 Å². The van der Waals surface area contributed by atoms with Gasteiger partial charge in [-0.3, -0.25) is 9.59 Å². The molecule has 1 amide bonds. The third kappa shape index (κ3) is 4.13. The number of benzene rings is 1. The lowest BCUT2D eigenvalue weighted by Crippen LogP contribution is -2.23. The van der Waals surface area contributed by atoms with Crippen LogP contribution in [0.5, 0.6) is 0 Å². The lowest BCUT2D eigenvalue weighted by Gasteiger charge is -2.20. The van der Waals surface area contributed by atoms with Crippen molar-refractivity contribution in [3.63, 3.8) is 0 Å². The number of nitrogens with one attached hydrogen (secondary N) is 2. The highest BCUT2D eigenvalue weighted by Gasteiger charge is 2.21. The first-order valence-electron chi connectivity index (χ1n) is 10.1. The number of rotatable bonds is 4. The molecule has 6 nitrogen and oxygen atoms in total. The average Bonchev–Trinajstić information content (AvgIpc) is 3.37. The lowest BCUT2D eigenvalue weighted by atomic mass is 9.86. The fourth-order valence-electron chi connectivity index (χ4n) is 3.65. The molecule has 1 atom stereocenters. The Hall–Kier alpha value is -3.41. The highest BCUT2D eigenvalue weighted by Crippen LogP contribution is 2.28. The third-order valence-electron chi connectivity index (χ3n) is 5.40. The van der Waals surface area contributed by atoms with Gasteiger partial charge in [0.15, 0.2) is 0 Å². The van der Waals surface area contributed by atoms with Gasteiger partial charge in [0.2, 0.25) is 5.91 Å². The molecule has 3 heterocycles. The molecule has 2 N–H and O–H groups in total. The zero-order chi connectivity index (χ0) is 21.3. The minimum Gasteiger partial charge on any atom is -0.364 e. The highest BCUT2D eigenvalue weighted by atomic mass is 16.5. The Balaban J connectivity index is 1.76. The summed E-state index contributed by atoms with van der Waals surface area (Å²) in [7, 11) is 0. The third-order valence-corrected chi connectivity index (χ3v) is 5.40. The molecule has 0 saturated carbocycles. The molecular formula is C24H25N3O3. The number of carbonyl (C=O) groups is 1. The number of nitrogens with zero attached hydrogens (tertiary/aromatic N) is 1. The molecule has 1 fully saturated rings. The van der Waals surface area contributed by atoms with Crippen molar-refractivity contribution in [2.45, 2.75) is 45.1 Å². The Labute approximate surface area is 175 Å². The molecule has 1 aromatic carbocycles. The van der Waals surface area contributed by atoms with Crippen LogP contribution >= 0.6 is 0 Å². The number of aromatic nitrogens is 2. The summed E-state index contributed by atoms with van der Waals surface area (Å²) in [4.78, 5) is 27.4. The maximum Gasteiger partial charge on any atom is 0.256 e. The highest BCUT2D eigenvalue weighted by molar-refractivity contribution is 5.82. The molecule has 4 rings (SSSR count). The van der Waals surface area contributed by atoms with E-state index in [1.165, 1.54) is 18.0 Å². The molecule has 3 aromatic rings. The van der Waals surface area contributed by atoms with E-state index < -0.39 is 0 Å². The molecule has 1 aliphatic rings. The Morgan fingerprint density at radius 1 is 1.13 bits per heavy atom. The fourth-order valence-corrected chi connectivity index (χ4v) is 3.65. The second-order valence-electron chi connectivity index (χ2n) is 8.65. The zero-order valence-electron chi connectivity index (χ0n) is 17.4. The first kappa shape index (κ1) is 19.9. The predicted octanol–water partition coefficient (Wildman–Crippen LogP) is 4.04. The second-order valence-corrected chi connectivity index (χ2v) is 8.65. The SMILES string of the molecule is CC(C)(C)c1ccc(C(=C[C@H]2CCC(=O)N2)c2ccc(-c3cnoc3)c(=O)[nH]2)cc1. The molecule has 154 valence electrons. The summed E-state index contributed by atoms with van der Waals surface area (Å²) in [6.45, 7) is 6.52. The van der Waals surface area contributed by atoms with Gasteiger partial charge < -0.3 is 14.8 Å².